The summed E-state index contributed by atoms with van der Waals surface area (Å²) in [4.78, 5) is 23.5. The standard InChI is InChI=1S/C15H13NO4/c17-14(16-9-10-4-3-7-19-10)8-13-11-5-1-2-6-12(11)15(18)20-13/h1-7,13H,8-9H2,(H,16,17). The summed E-state index contributed by atoms with van der Waals surface area (Å²) >= 11 is 0. The molecule has 5 heteroatoms. The van der Waals surface area contributed by atoms with Gasteiger partial charge < -0.3 is 14.5 Å². The van der Waals surface area contributed by atoms with Gasteiger partial charge in [0.1, 0.15) is 11.9 Å². The molecule has 2 aromatic rings. The van der Waals surface area contributed by atoms with Crippen molar-refractivity contribution < 1.29 is 18.7 Å². The maximum absolute atomic E-state index is 11.9. The van der Waals surface area contributed by atoms with Crippen molar-refractivity contribution >= 4 is 11.9 Å². The number of carbonyl (C=O) groups is 2. The molecule has 0 saturated carbocycles. The number of carbonyl (C=O) groups excluding carboxylic acids is 2. The first-order valence-electron chi connectivity index (χ1n) is 6.33. The normalized spacial score (nSPS) is 16.6. The Kier molecular flexibility index (Phi) is 3.25. The van der Waals surface area contributed by atoms with E-state index in [9.17, 15) is 9.59 Å². The van der Waals surface area contributed by atoms with Gasteiger partial charge in [-0.1, -0.05) is 18.2 Å². The Morgan fingerprint density at radius 1 is 1.20 bits per heavy atom. The zero-order valence-electron chi connectivity index (χ0n) is 10.7. The fourth-order valence-corrected chi connectivity index (χ4v) is 2.21. The highest BCUT2D eigenvalue weighted by molar-refractivity contribution is 5.94. The Bertz CT molecular complexity index is 633. The summed E-state index contributed by atoms with van der Waals surface area (Å²) in [7, 11) is 0. The maximum Gasteiger partial charge on any atom is 0.339 e. The smallest absolute Gasteiger partial charge is 0.339 e. The van der Waals surface area contributed by atoms with Crippen molar-refractivity contribution in [3.8, 4) is 0 Å². The molecular weight excluding hydrogens is 258 g/mol. The molecule has 3 rings (SSSR count). The van der Waals surface area contributed by atoms with E-state index in [1.807, 2.05) is 12.1 Å². The molecule has 20 heavy (non-hydrogen) atoms. The average molecular weight is 271 g/mol. The number of esters is 1. The van der Waals surface area contributed by atoms with Crippen LogP contribution < -0.4 is 5.32 Å². The Hall–Kier alpha value is -2.56. The van der Waals surface area contributed by atoms with Gasteiger partial charge in [0.05, 0.1) is 24.8 Å². The number of hydrogen-bond acceptors (Lipinski definition) is 4. The number of fused-ring (bicyclic) bond motifs is 1. The summed E-state index contributed by atoms with van der Waals surface area (Å²) in [5, 5.41) is 2.73. The molecule has 1 aromatic heterocycles. The highest BCUT2D eigenvalue weighted by Gasteiger charge is 2.31. The van der Waals surface area contributed by atoms with Crippen molar-refractivity contribution in [2.24, 2.45) is 0 Å². The molecule has 1 aliphatic rings. The molecule has 1 aliphatic heterocycles. The van der Waals surface area contributed by atoms with Crippen LogP contribution in [0.4, 0.5) is 0 Å². The van der Waals surface area contributed by atoms with Crippen LogP contribution in [-0.4, -0.2) is 11.9 Å². The summed E-state index contributed by atoms with van der Waals surface area (Å²) in [5.74, 6) is 0.127. The summed E-state index contributed by atoms with van der Waals surface area (Å²) in [6.45, 7) is 0.328. The lowest BCUT2D eigenvalue weighted by Crippen LogP contribution is -2.24. The van der Waals surface area contributed by atoms with Crippen molar-refractivity contribution in [3.63, 3.8) is 0 Å². The molecule has 2 heterocycles. The Balaban J connectivity index is 1.61. The van der Waals surface area contributed by atoms with E-state index in [4.69, 9.17) is 9.15 Å². The molecule has 1 aromatic carbocycles. The molecule has 1 atom stereocenters. The second kappa shape index (κ2) is 5.21. The van der Waals surface area contributed by atoms with Gasteiger partial charge in [0.15, 0.2) is 0 Å². The van der Waals surface area contributed by atoms with Gasteiger partial charge >= 0.3 is 5.97 Å². The predicted molar refractivity (Wildman–Crippen MR) is 69.8 cm³/mol. The molecule has 1 amide bonds. The van der Waals surface area contributed by atoms with Crippen LogP contribution in [0.5, 0.6) is 0 Å². The summed E-state index contributed by atoms with van der Waals surface area (Å²) in [6.07, 6.45) is 1.16. The minimum Gasteiger partial charge on any atom is -0.467 e. The monoisotopic (exact) mass is 271 g/mol. The van der Waals surface area contributed by atoms with Gasteiger partial charge in [-0.3, -0.25) is 4.79 Å². The number of rotatable bonds is 4. The van der Waals surface area contributed by atoms with Crippen LogP contribution in [0.1, 0.15) is 34.2 Å². The van der Waals surface area contributed by atoms with Crippen molar-refractivity contribution in [1.29, 1.82) is 0 Å². The van der Waals surface area contributed by atoms with Gasteiger partial charge in [-0.2, -0.15) is 0 Å². The van der Waals surface area contributed by atoms with Crippen LogP contribution in [-0.2, 0) is 16.1 Å². The van der Waals surface area contributed by atoms with Gasteiger partial charge in [0.2, 0.25) is 5.91 Å². The van der Waals surface area contributed by atoms with E-state index < -0.39 is 6.10 Å². The number of cyclic esters (lactones) is 1. The fraction of sp³-hybridized carbons (Fsp3) is 0.200. The number of benzene rings is 1. The lowest BCUT2D eigenvalue weighted by atomic mass is 10.0. The summed E-state index contributed by atoms with van der Waals surface area (Å²) in [6, 6.07) is 10.7. The first-order valence-corrected chi connectivity index (χ1v) is 6.33. The van der Waals surface area contributed by atoms with Crippen LogP contribution in [0.15, 0.2) is 47.1 Å². The Morgan fingerprint density at radius 3 is 2.85 bits per heavy atom. The molecule has 0 spiro atoms. The van der Waals surface area contributed by atoms with E-state index in [2.05, 4.69) is 5.32 Å². The third-order valence-corrected chi connectivity index (χ3v) is 3.19. The molecule has 0 aliphatic carbocycles. The number of hydrogen-bond donors (Lipinski definition) is 1. The van der Waals surface area contributed by atoms with E-state index in [-0.39, 0.29) is 18.3 Å². The van der Waals surface area contributed by atoms with Crippen LogP contribution in [0.25, 0.3) is 0 Å². The average Bonchev–Trinajstić information content (AvgIpc) is 3.07. The number of furan rings is 1. The third-order valence-electron chi connectivity index (χ3n) is 3.19. The molecule has 1 N–H and O–H groups in total. The second-order valence-electron chi connectivity index (χ2n) is 4.54. The van der Waals surface area contributed by atoms with Crippen molar-refractivity contribution in [2.45, 2.75) is 19.1 Å². The number of ether oxygens (including phenoxy) is 1. The lowest BCUT2D eigenvalue weighted by molar-refractivity contribution is -0.123. The molecule has 102 valence electrons. The van der Waals surface area contributed by atoms with Gasteiger partial charge in [0, 0.05) is 5.56 Å². The quantitative estimate of drug-likeness (QED) is 0.865. The van der Waals surface area contributed by atoms with Gasteiger partial charge in [-0.15, -0.1) is 0 Å². The minimum atomic E-state index is -0.504. The Labute approximate surface area is 115 Å². The van der Waals surface area contributed by atoms with E-state index in [1.54, 1.807) is 30.5 Å². The zero-order chi connectivity index (χ0) is 13.9. The van der Waals surface area contributed by atoms with Gasteiger partial charge in [-0.05, 0) is 18.2 Å². The lowest BCUT2D eigenvalue weighted by Gasteiger charge is -2.10. The molecule has 0 radical (unpaired) electrons. The first-order chi connectivity index (χ1) is 9.74. The molecule has 5 nitrogen and oxygen atoms in total. The molecule has 0 saturated heterocycles. The topological polar surface area (TPSA) is 68.5 Å². The Morgan fingerprint density at radius 2 is 2.05 bits per heavy atom. The predicted octanol–water partition coefficient (Wildman–Crippen LogP) is 2.20. The number of amides is 1. The number of nitrogens with one attached hydrogen (secondary N) is 1. The summed E-state index contributed by atoms with van der Waals surface area (Å²) < 4.78 is 10.3. The highest BCUT2D eigenvalue weighted by atomic mass is 16.5. The largest absolute Gasteiger partial charge is 0.467 e. The van der Waals surface area contributed by atoms with Crippen molar-refractivity contribution in [3.05, 3.63) is 59.5 Å². The van der Waals surface area contributed by atoms with Crippen LogP contribution >= 0.6 is 0 Å². The van der Waals surface area contributed by atoms with Crippen molar-refractivity contribution in [2.75, 3.05) is 0 Å². The molecule has 0 fully saturated rings. The van der Waals surface area contributed by atoms with E-state index >= 15 is 0 Å². The molecular formula is C15H13NO4. The van der Waals surface area contributed by atoms with Gasteiger partial charge in [0.25, 0.3) is 0 Å². The van der Waals surface area contributed by atoms with Gasteiger partial charge in [-0.25, -0.2) is 4.79 Å². The highest BCUT2D eigenvalue weighted by Crippen LogP contribution is 2.32. The van der Waals surface area contributed by atoms with Crippen LogP contribution in [0.3, 0.4) is 0 Å². The zero-order valence-corrected chi connectivity index (χ0v) is 10.7. The molecule has 0 bridgehead atoms. The van der Waals surface area contributed by atoms with E-state index in [0.29, 0.717) is 17.9 Å². The second-order valence-corrected chi connectivity index (χ2v) is 4.54. The van der Waals surface area contributed by atoms with Crippen molar-refractivity contribution in [1.82, 2.24) is 5.32 Å². The minimum absolute atomic E-state index is 0.115. The molecule has 1 unspecified atom stereocenters. The maximum atomic E-state index is 11.9. The first kappa shape index (κ1) is 12.5. The van der Waals surface area contributed by atoms with E-state index in [0.717, 1.165) is 5.56 Å². The van der Waals surface area contributed by atoms with Crippen LogP contribution in [0, 0.1) is 0 Å². The third kappa shape index (κ3) is 2.42. The SMILES string of the molecule is O=C(CC1OC(=O)c2ccccc21)NCc1ccco1. The summed E-state index contributed by atoms with van der Waals surface area (Å²) in [5.41, 5.74) is 1.31. The van der Waals surface area contributed by atoms with Crippen LogP contribution in [0.2, 0.25) is 0 Å². The van der Waals surface area contributed by atoms with E-state index in [1.165, 1.54) is 0 Å². The fourth-order valence-electron chi connectivity index (χ4n) is 2.21.